The number of hydrogen-bond donors (Lipinski definition) is 1. The van der Waals surface area contributed by atoms with Gasteiger partial charge in [0.2, 0.25) is 21.8 Å². The number of carbonyl (C=O) groups excluding carboxylic acids is 2. The minimum atomic E-state index is -3.91. The molecular weight excluding hydrogens is 505 g/mol. The molecule has 0 saturated heterocycles. The second-order valence-electron chi connectivity index (χ2n) is 7.37. The molecule has 0 spiro atoms. The SMILES string of the molecule is CNC(=O)[C@@H](C)N(Cc1ccc(Cl)c(Cl)c1)C(=O)CN(c1ccc(OC)cc1OC)S(C)(=O)=O. The van der Waals surface area contributed by atoms with Crippen LogP contribution in [0.1, 0.15) is 12.5 Å². The molecule has 0 aliphatic rings. The van der Waals surface area contributed by atoms with Crippen molar-refractivity contribution in [1.29, 1.82) is 0 Å². The molecule has 186 valence electrons. The highest BCUT2D eigenvalue weighted by atomic mass is 35.5. The van der Waals surface area contributed by atoms with Gasteiger partial charge in [-0.3, -0.25) is 13.9 Å². The number of amides is 2. The number of benzene rings is 2. The van der Waals surface area contributed by atoms with Gasteiger partial charge in [-0.15, -0.1) is 0 Å². The number of carbonyl (C=O) groups is 2. The Labute approximate surface area is 209 Å². The largest absolute Gasteiger partial charge is 0.497 e. The molecule has 0 unspecified atom stereocenters. The average Bonchev–Trinajstić information content (AvgIpc) is 2.80. The van der Waals surface area contributed by atoms with Crippen molar-refractivity contribution in [1.82, 2.24) is 10.2 Å². The lowest BCUT2D eigenvalue weighted by Gasteiger charge is -2.31. The molecule has 12 heteroatoms. The van der Waals surface area contributed by atoms with E-state index in [9.17, 15) is 18.0 Å². The summed E-state index contributed by atoms with van der Waals surface area (Å²) in [6, 6.07) is 8.49. The third-order valence-corrected chi connectivity index (χ3v) is 6.95. The molecule has 0 aromatic heterocycles. The molecule has 0 aliphatic heterocycles. The van der Waals surface area contributed by atoms with Crippen LogP contribution in [-0.4, -0.2) is 65.2 Å². The number of nitrogens with one attached hydrogen (secondary N) is 1. The van der Waals surface area contributed by atoms with Gasteiger partial charge in [-0.25, -0.2) is 8.42 Å². The summed E-state index contributed by atoms with van der Waals surface area (Å²) >= 11 is 12.1. The Morgan fingerprint density at radius 1 is 1.06 bits per heavy atom. The van der Waals surface area contributed by atoms with Gasteiger partial charge in [0.05, 0.1) is 36.2 Å². The highest BCUT2D eigenvalue weighted by Gasteiger charge is 2.31. The lowest BCUT2D eigenvalue weighted by atomic mass is 10.1. The molecule has 0 bridgehead atoms. The number of nitrogens with zero attached hydrogens (tertiary/aromatic N) is 2. The fourth-order valence-electron chi connectivity index (χ4n) is 3.21. The fourth-order valence-corrected chi connectivity index (χ4v) is 4.39. The minimum absolute atomic E-state index is 0.00165. The smallest absolute Gasteiger partial charge is 0.244 e. The minimum Gasteiger partial charge on any atom is -0.497 e. The van der Waals surface area contributed by atoms with Crippen LogP contribution in [0.2, 0.25) is 10.0 Å². The zero-order valence-electron chi connectivity index (χ0n) is 19.5. The van der Waals surface area contributed by atoms with E-state index in [0.29, 0.717) is 21.4 Å². The predicted octanol–water partition coefficient (Wildman–Crippen LogP) is 2.94. The van der Waals surface area contributed by atoms with Gasteiger partial charge in [0, 0.05) is 19.7 Å². The number of halogens is 2. The summed E-state index contributed by atoms with van der Waals surface area (Å²) in [7, 11) is 0.386. The van der Waals surface area contributed by atoms with Crippen LogP contribution in [0.15, 0.2) is 36.4 Å². The van der Waals surface area contributed by atoms with E-state index < -0.39 is 34.4 Å². The van der Waals surface area contributed by atoms with E-state index in [1.807, 2.05) is 0 Å². The molecular formula is C22H27Cl2N3O6S. The lowest BCUT2D eigenvalue weighted by molar-refractivity contribution is -0.139. The van der Waals surface area contributed by atoms with Crippen molar-refractivity contribution in [2.75, 3.05) is 38.4 Å². The quantitative estimate of drug-likeness (QED) is 0.505. The molecule has 1 N–H and O–H groups in total. The van der Waals surface area contributed by atoms with Gasteiger partial charge in [-0.2, -0.15) is 0 Å². The first-order valence-electron chi connectivity index (χ1n) is 10.1. The first kappa shape index (κ1) is 27.6. The molecule has 2 aromatic carbocycles. The van der Waals surface area contributed by atoms with Crippen LogP contribution < -0.4 is 19.1 Å². The summed E-state index contributed by atoms with van der Waals surface area (Å²) in [6.45, 7) is 0.985. The first-order chi connectivity index (χ1) is 15.9. The lowest BCUT2D eigenvalue weighted by Crippen LogP contribution is -2.50. The van der Waals surface area contributed by atoms with Crippen molar-refractivity contribution >= 4 is 50.7 Å². The molecule has 2 rings (SSSR count). The summed E-state index contributed by atoms with van der Waals surface area (Å²) in [5.74, 6) is -0.366. The van der Waals surface area contributed by atoms with E-state index in [1.54, 1.807) is 31.2 Å². The maximum absolute atomic E-state index is 13.4. The third-order valence-electron chi connectivity index (χ3n) is 5.09. The number of anilines is 1. The van der Waals surface area contributed by atoms with Crippen LogP contribution >= 0.6 is 23.2 Å². The van der Waals surface area contributed by atoms with Crippen molar-refractivity contribution in [2.45, 2.75) is 19.5 Å². The first-order valence-corrected chi connectivity index (χ1v) is 12.7. The Kier molecular flexibility index (Phi) is 9.43. The summed E-state index contributed by atoms with van der Waals surface area (Å²) in [6.07, 6.45) is 0.982. The summed E-state index contributed by atoms with van der Waals surface area (Å²) in [4.78, 5) is 27.1. The second-order valence-corrected chi connectivity index (χ2v) is 10.1. The number of rotatable bonds is 10. The van der Waals surface area contributed by atoms with E-state index in [0.717, 1.165) is 10.6 Å². The molecule has 0 saturated carbocycles. The van der Waals surface area contributed by atoms with Crippen LogP contribution in [-0.2, 0) is 26.2 Å². The number of likely N-dealkylation sites (N-methyl/N-ethyl adjacent to an activating group) is 1. The van der Waals surface area contributed by atoms with Gasteiger partial charge in [0.1, 0.15) is 24.1 Å². The van der Waals surface area contributed by atoms with Gasteiger partial charge in [-0.05, 0) is 36.8 Å². The maximum Gasteiger partial charge on any atom is 0.244 e. The van der Waals surface area contributed by atoms with Gasteiger partial charge in [0.15, 0.2) is 0 Å². The second kappa shape index (κ2) is 11.6. The monoisotopic (exact) mass is 531 g/mol. The molecule has 2 aromatic rings. The number of ether oxygens (including phenoxy) is 2. The number of hydrogen-bond acceptors (Lipinski definition) is 6. The molecule has 0 heterocycles. The van der Waals surface area contributed by atoms with Crippen LogP contribution in [0.25, 0.3) is 0 Å². The molecule has 0 radical (unpaired) electrons. The Morgan fingerprint density at radius 3 is 2.26 bits per heavy atom. The molecule has 0 aliphatic carbocycles. The molecule has 9 nitrogen and oxygen atoms in total. The van der Waals surface area contributed by atoms with Crippen LogP contribution in [0, 0.1) is 0 Å². The van der Waals surface area contributed by atoms with E-state index in [-0.39, 0.29) is 18.0 Å². The maximum atomic E-state index is 13.4. The summed E-state index contributed by atoms with van der Waals surface area (Å²) < 4.78 is 36.8. The van der Waals surface area contributed by atoms with Crippen LogP contribution in [0.5, 0.6) is 11.5 Å². The fraction of sp³-hybridized carbons (Fsp3) is 0.364. The Morgan fingerprint density at radius 2 is 1.74 bits per heavy atom. The molecule has 1 atom stereocenters. The molecule has 34 heavy (non-hydrogen) atoms. The van der Waals surface area contributed by atoms with E-state index in [2.05, 4.69) is 5.32 Å². The normalized spacial score (nSPS) is 12.0. The van der Waals surface area contributed by atoms with Crippen LogP contribution in [0.3, 0.4) is 0 Å². The van der Waals surface area contributed by atoms with Crippen molar-refractivity contribution in [3.8, 4) is 11.5 Å². The third kappa shape index (κ3) is 6.68. The van der Waals surface area contributed by atoms with Crippen LogP contribution in [0.4, 0.5) is 5.69 Å². The van der Waals surface area contributed by atoms with Crippen molar-refractivity contribution in [3.63, 3.8) is 0 Å². The van der Waals surface area contributed by atoms with Crippen molar-refractivity contribution < 1.29 is 27.5 Å². The molecule has 2 amide bonds. The zero-order valence-corrected chi connectivity index (χ0v) is 21.8. The van der Waals surface area contributed by atoms with E-state index in [1.165, 1.54) is 38.3 Å². The van der Waals surface area contributed by atoms with Gasteiger partial charge in [-0.1, -0.05) is 29.3 Å². The highest BCUT2D eigenvalue weighted by molar-refractivity contribution is 7.92. The van der Waals surface area contributed by atoms with Gasteiger partial charge < -0.3 is 19.7 Å². The predicted molar refractivity (Wildman–Crippen MR) is 132 cm³/mol. The van der Waals surface area contributed by atoms with Crippen molar-refractivity contribution in [2.24, 2.45) is 0 Å². The van der Waals surface area contributed by atoms with Gasteiger partial charge in [0.25, 0.3) is 0 Å². The topological polar surface area (TPSA) is 105 Å². The number of sulfonamides is 1. The standard InChI is InChI=1S/C22H27Cl2N3O6S/c1-14(22(29)25-2)26(12-15-6-8-17(23)18(24)10-15)21(28)13-27(34(5,30)31)19-9-7-16(32-3)11-20(19)33-4/h6-11,14H,12-13H2,1-5H3,(H,25,29)/t14-/m1/s1. The van der Waals surface area contributed by atoms with Gasteiger partial charge >= 0.3 is 0 Å². The Bertz CT molecular complexity index is 1160. The summed E-state index contributed by atoms with van der Waals surface area (Å²) in [5, 5.41) is 3.14. The average molecular weight is 532 g/mol. The highest BCUT2D eigenvalue weighted by Crippen LogP contribution is 2.33. The van der Waals surface area contributed by atoms with E-state index >= 15 is 0 Å². The zero-order chi connectivity index (χ0) is 25.6. The summed E-state index contributed by atoms with van der Waals surface area (Å²) in [5.41, 5.74) is 0.771. The molecule has 0 fully saturated rings. The van der Waals surface area contributed by atoms with E-state index in [4.69, 9.17) is 32.7 Å². The number of methoxy groups -OCH3 is 2. The Balaban J connectivity index is 2.47. The Hall–Kier alpha value is -2.69. The van der Waals surface area contributed by atoms with Crippen molar-refractivity contribution in [3.05, 3.63) is 52.0 Å².